The first-order chi connectivity index (χ1) is 59.5. The van der Waals surface area contributed by atoms with E-state index in [1.807, 2.05) is 0 Å². The summed E-state index contributed by atoms with van der Waals surface area (Å²) in [5.74, 6) is -20.9. The van der Waals surface area contributed by atoms with Gasteiger partial charge in [0.1, 0.15) is 43.2 Å². The lowest BCUT2D eigenvalue weighted by Gasteiger charge is -2.48. The minimum atomic E-state index is -2.23. The topological polar surface area (TPSA) is 610 Å². The van der Waals surface area contributed by atoms with E-state index in [4.69, 9.17) is 158 Å². The summed E-state index contributed by atoms with van der Waals surface area (Å²) in [5.41, 5.74) is 0. The van der Waals surface area contributed by atoms with Gasteiger partial charge in [0.2, 0.25) is 0 Å². The fraction of sp³-hybridized carbons (Fsp3) is 0.750. The van der Waals surface area contributed by atoms with Crippen molar-refractivity contribution in [2.45, 2.75) is 316 Å². The molecule has 0 spiro atoms. The predicted octanol–water partition coefficient (Wildman–Crippen LogP) is -1.99. The summed E-state index contributed by atoms with van der Waals surface area (Å²) in [7, 11) is 0. The molecule has 6 rings (SSSR count). The molecule has 51 heteroatoms. The van der Waals surface area contributed by atoms with E-state index in [1.165, 1.54) is 0 Å². The van der Waals surface area contributed by atoms with E-state index in [0.29, 0.717) is 0 Å². The number of hydrogen-bond donors (Lipinski definition) is 0. The van der Waals surface area contributed by atoms with Crippen LogP contribution in [0.25, 0.3) is 0 Å². The molecule has 50 nitrogen and oxygen atoms in total. The maximum absolute atomic E-state index is 13.4. The molecule has 6 aliphatic rings. The lowest BCUT2D eigenvalue weighted by molar-refractivity contribution is -0.354. The van der Waals surface area contributed by atoms with Gasteiger partial charge in [-0.2, -0.15) is 0 Å². The third kappa shape index (κ3) is 32.2. The number of halogens is 1. The standard InChI is InChI=1S/C76H103ClO50/c1-28(78)98-22-47-53(104-29(2)79)60(111-36(9)86)66(117-42(15)92)72(123-47)100-24-49-55(106-31(4)81)62(113-38(11)88)68(119-44(17)94)74(125-49)102-26-51-57(108-33(6)83)64(115-40(13)90)70(121-46(19)96)76(127-51)103-27-52-58(109-34(7)84)63(114-39(12)89)69(120-45(18)95)75(126-52)101-25-50-56(107-32(5)82)61(112-37(10)87)67(118-43(16)93)73(124-50)99-23-48-54(105-30(3)80)59(110-35(8)85)65(116-41(14)91)71(122-48)97-21-20-77/h47-76H,20-27H2,1-19H3/t47-,48?,49?,50-,51-,52?,53?,54-,55-,56?,57?,58-,59?,60+,61+,62?,63?,64+,65-,66?,67?,68-,69-,70?,71?,72-,73-,74?,75?,76-/m1/s1. The van der Waals surface area contributed by atoms with Gasteiger partial charge >= 0.3 is 113 Å². The second kappa shape index (κ2) is 49.3. The Morgan fingerprint density at radius 2 is 0.299 bits per heavy atom. The number of alkyl halides is 1. The average Bonchev–Trinajstić information content (AvgIpc) is 0.781. The summed E-state index contributed by atoms with van der Waals surface area (Å²) in [6.45, 7) is 11.1. The smallest absolute Gasteiger partial charge is 0.303 e. The average molecular weight is 1850 g/mol. The zero-order chi connectivity index (χ0) is 94.9. The largest absolute Gasteiger partial charge is 0.463 e. The third-order valence-electron chi connectivity index (χ3n) is 17.9. The molecule has 6 fully saturated rings. The molecule has 0 aromatic heterocycles. The third-order valence-corrected chi connectivity index (χ3v) is 18.1. The molecule has 127 heavy (non-hydrogen) atoms. The van der Waals surface area contributed by atoms with Crippen LogP contribution >= 0.6 is 11.6 Å². The molecule has 6 saturated heterocycles. The lowest BCUT2D eigenvalue weighted by Crippen LogP contribution is -2.66. The summed E-state index contributed by atoms with van der Waals surface area (Å²) in [6.07, 6.45) is -58.2. The zero-order valence-corrected chi connectivity index (χ0v) is 73.0. The van der Waals surface area contributed by atoms with Gasteiger partial charge in [-0.15, -0.1) is 11.6 Å². The van der Waals surface area contributed by atoms with E-state index in [0.717, 1.165) is 132 Å². The molecule has 0 saturated carbocycles. The van der Waals surface area contributed by atoms with Crippen molar-refractivity contribution < 1.29 is 238 Å². The maximum atomic E-state index is 13.4. The summed E-state index contributed by atoms with van der Waals surface area (Å²) >= 11 is 5.96. The fourth-order valence-electron chi connectivity index (χ4n) is 14.0. The Balaban J connectivity index is 1.46. The Kier molecular flexibility index (Phi) is 41.0. The number of carbonyl (C=O) groups excluding carboxylic acids is 19. The SMILES string of the molecule is CC(=O)OC[C@H]1O[C@@H](OCC2OC(OC[C@H]3O[C@@H](OCC4OC(OC[C@H]5O[C@@H](OCC6OC(OCCCl)[C@H](OC(C)=O)C(OC(C)=O)[C@@H]6OC(C)=O)C(OC(C)=O)[C@@H](OC(C)=O)C5OC(C)=O)[C@H](OC(C)=O)C(OC(C)=O)[C@@H]4OC(C)=O)C(OC(C)=O)[C@@H](OC(C)=O)C3OC(C)=O)[C@H](OC(C)=O)C(OC(C)=O)[C@@H]2OC(C)=O)C(OC(C)=O)[C@@H](OC(C)=O)C1OC(C)=O. The number of carbonyl (C=O) groups is 19. The van der Waals surface area contributed by atoms with Crippen molar-refractivity contribution in [3.05, 3.63) is 0 Å². The molecule has 0 N–H and O–H groups in total. The molecule has 30 atom stereocenters. The second-order valence-electron chi connectivity index (χ2n) is 28.6. The Bertz CT molecular complexity index is 3860. The molecule has 6 heterocycles. The van der Waals surface area contributed by atoms with Gasteiger partial charge in [-0.1, -0.05) is 0 Å². The quantitative estimate of drug-likeness (QED) is 0.0367. The number of hydrogen-bond acceptors (Lipinski definition) is 50. The molecule has 6 aliphatic heterocycles. The highest BCUT2D eigenvalue weighted by atomic mass is 35.5. The van der Waals surface area contributed by atoms with Crippen LogP contribution in [0.3, 0.4) is 0 Å². The second-order valence-corrected chi connectivity index (χ2v) is 29.0. The van der Waals surface area contributed by atoms with Gasteiger partial charge in [0.25, 0.3) is 0 Å². The number of esters is 19. The summed E-state index contributed by atoms with van der Waals surface area (Å²) in [4.78, 5) is 248. The van der Waals surface area contributed by atoms with Crippen molar-refractivity contribution in [1.29, 1.82) is 0 Å². The van der Waals surface area contributed by atoms with Gasteiger partial charge in [0, 0.05) is 137 Å². The highest BCUT2D eigenvalue weighted by molar-refractivity contribution is 6.18. The van der Waals surface area contributed by atoms with Crippen LogP contribution in [0.1, 0.15) is 132 Å². The molecule has 0 aromatic carbocycles. The Morgan fingerprint density at radius 1 is 0.173 bits per heavy atom. The number of rotatable bonds is 38. The van der Waals surface area contributed by atoms with E-state index >= 15 is 0 Å². The molecule has 15 unspecified atom stereocenters. The van der Waals surface area contributed by atoms with Crippen molar-refractivity contribution in [2.24, 2.45) is 0 Å². The zero-order valence-electron chi connectivity index (χ0n) is 72.3. The van der Waals surface area contributed by atoms with Crippen LogP contribution in [-0.2, 0) is 238 Å². The molecule has 714 valence electrons. The van der Waals surface area contributed by atoms with E-state index in [1.54, 1.807) is 0 Å². The molecule has 0 bridgehead atoms. The Labute approximate surface area is 728 Å². The molecule has 0 aromatic rings. The van der Waals surface area contributed by atoms with Crippen LogP contribution in [-0.4, -0.2) is 350 Å². The van der Waals surface area contributed by atoms with Gasteiger partial charge in [-0.25, -0.2) is 0 Å². The molecule has 0 amide bonds. The van der Waals surface area contributed by atoms with Gasteiger partial charge in [0.15, 0.2) is 148 Å². The van der Waals surface area contributed by atoms with Crippen molar-refractivity contribution in [3.63, 3.8) is 0 Å². The van der Waals surface area contributed by atoms with E-state index in [9.17, 15) is 91.1 Å². The van der Waals surface area contributed by atoms with E-state index in [-0.39, 0.29) is 12.5 Å². The van der Waals surface area contributed by atoms with Gasteiger partial charge < -0.3 is 147 Å². The normalized spacial score (nSPS) is 32.6. The first kappa shape index (κ1) is 106. The monoisotopic (exact) mass is 1850 g/mol. The van der Waals surface area contributed by atoms with Crippen LogP contribution in [0.15, 0.2) is 0 Å². The Morgan fingerprint density at radius 3 is 0.433 bits per heavy atom. The highest BCUT2D eigenvalue weighted by Crippen LogP contribution is 2.40. The van der Waals surface area contributed by atoms with Crippen LogP contribution in [0.4, 0.5) is 0 Å². The van der Waals surface area contributed by atoms with Crippen LogP contribution in [0.5, 0.6) is 0 Å². The van der Waals surface area contributed by atoms with Gasteiger partial charge in [0.05, 0.1) is 39.6 Å². The van der Waals surface area contributed by atoms with Crippen molar-refractivity contribution >= 4 is 125 Å². The highest BCUT2D eigenvalue weighted by Gasteiger charge is 2.62. The maximum Gasteiger partial charge on any atom is 0.303 e. The van der Waals surface area contributed by atoms with Gasteiger partial charge in [-0.3, -0.25) is 91.1 Å². The van der Waals surface area contributed by atoms with Crippen molar-refractivity contribution in [1.82, 2.24) is 0 Å². The minimum absolute atomic E-state index is 0.183. The summed E-state index contributed by atoms with van der Waals surface area (Å²) in [5, 5.41) is 0. The predicted molar refractivity (Wildman–Crippen MR) is 395 cm³/mol. The molecule has 0 aliphatic carbocycles. The van der Waals surface area contributed by atoms with Crippen molar-refractivity contribution in [3.8, 4) is 0 Å². The van der Waals surface area contributed by atoms with E-state index < -0.39 is 337 Å². The first-order valence-electron chi connectivity index (χ1n) is 39.0. The van der Waals surface area contributed by atoms with Gasteiger partial charge in [-0.05, 0) is 0 Å². The fourth-order valence-corrected chi connectivity index (χ4v) is 14.1. The molecule has 0 radical (unpaired) electrons. The lowest BCUT2D eigenvalue weighted by atomic mass is 9.96. The summed E-state index contributed by atoms with van der Waals surface area (Å²) < 4.78 is 182. The molecular weight excluding hydrogens is 1750 g/mol. The molecular formula is C76H103ClO50. The van der Waals surface area contributed by atoms with Crippen LogP contribution in [0.2, 0.25) is 0 Å². The van der Waals surface area contributed by atoms with Crippen LogP contribution in [0, 0.1) is 0 Å². The Hall–Kier alpha value is -10.3. The summed E-state index contributed by atoms with van der Waals surface area (Å²) in [6, 6.07) is 0. The van der Waals surface area contributed by atoms with Crippen molar-refractivity contribution in [2.75, 3.05) is 52.1 Å². The van der Waals surface area contributed by atoms with Crippen LogP contribution < -0.4 is 0 Å². The minimum Gasteiger partial charge on any atom is -0.463 e. The van der Waals surface area contributed by atoms with E-state index in [2.05, 4.69) is 0 Å². The number of ether oxygens (including phenoxy) is 31. The first-order valence-corrected chi connectivity index (χ1v) is 39.5.